The third-order valence-corrected chi connectivity index (χ3v) is 2.64. The van der Waals surface area contributed by atoms with Crippen molar-refractivity contribution in [3.63, 3.8) is 0 Å². The predicted octanol–water partition coefficient (Wildman–Crippen LogP) is 2.68. The van der Waals surface area contributed by atoms with E-state index in [4.69, 9.17) is 16.3 Å². The Balaban J connectivity index is 2.52. The first-order valence-corrected chi connectivity index (χ1v) is 6.42. The Hall–Kier alpha value is -1.26. The second kappa shape index (κ2) is 7.95. The Morgan fingerprint density at radius 3 is 2.83 bits per heavy atom. The molecular weight excluding hydrogens is 252 g/mol. The van der Waals surface area contributed by atoms with E-state index in [2.05, 4.69) is 10.6 Å². The summed E-state index contributed by atoms with van der Waals surface area (Å²) >= 11 is 6.03. The van der Waals surface area contributed by atoms with E-state index < -0.39 is 0 Å². The van der Waals surface area contributed by atoms with Gasteiger partial charge in [0.2, 0.25) is 5.91 Å². The maximum atomic E-state index is 11.6. The van der Waals surface area contributed by atoms with Crippen molar-refractivity contribution in [3.05, 3.63) is 23.2 Å². The largest absolute Gasteiger partial charge is 0.492 e. The van der Waals surface area contributed by atoms with Gasteiger partial charge >= 0.3 is 0 Å². The third-order valence-electron chi connectivity index (χ3n) is 2.35. The molecule has 1 aromatic rings. The number of anilines is 1. The number of nitrogens with one attached hydrogen (secondary N) is 2. The van der Waals surface area contributed by atoms with Crippen molar-refractivity contribution in [1.29, 1.82) is 0 Å². The Morgan fingerprint density at radius 2 is 2.22 bits per heavy atom. The first kappa shape index (κ1) is 14.8. The van der Waals surface area contributed by atoms with Crippen LogP contribution in [0, 0.1) is 0 Å². The molecule has 5 heteroatoms. The van der Waals surface area contributed by atoms with Crippen LogP contribution in [0.1, 0.15) is 19.8 Å². The highest BCUT2D eigenvalue weighted by Gasteiger charge is 2.05. The van der Waals surface area contributed by atoms with Crippen LogP contribution >= 0.6 is 11.6 Å². The first-order chi connectivity index (χ1) is 8.67. The van der Waals surface area contributed by atoms with Crippen LogP contribution in [0.2, 0.25) is 5.02 Å². The van der Waals surface area contributed by atoms with Gasteiger partial charge in [-0.25, -0.2) is 0 Å². The smallest absolute Gasteiger partial charge is 0.224 e. The summed E-state index contributed by atoms with van der Waals surface area (Å²) in [5.74, 6) is 0.623. The fourth-order valence-corrected chi connectivity index (χ4v) is 1.74. The third kappa shape index (κ3) is 4.94. The summed E-state index contributed by atoms with van der Waals surface area (Å²) in [4.78, 5) is 11.6. The molecule has 0 saturated heterocycles. The van der Waals surface area contributed by atoms with E-state index in [1.165, 1.54) is 0 Å². The van der Waals surface area contributed by atoms with Gasteiger partial charge in [-0.15, -0.1) is 0 Å². The molecule has 0 bridgehead atoms. The number of amides is 1. The van der Waals surface area contributed by atoms with E-state index >= 15 is 0 Å². The highest BCUT2D eigenvalue weighted by molar-refractivity contribution is 6.32. The SMILES string of the molecule is CCOc1ccc(NC(=O)CCCNC)cc1Cl. The summed E-state index contributed by atoms with van der Waals surface area (Å²) in [6.45, 7) is 3.29. The van der Waals surface area contributed by atoms with Crippen LogP contribution in [0.25, 0.3) is 0 Å². The number of hydrogen-bond donors (Lipinski definition) is 2. The van der Waals surface area contributed by atoms with Crippen molar-refractivity contribution in [2.45, 2.75) is 19.8 Å². The molecule has 0 unspecified atom stereocenters. The zero-order valence-electron chi connectivity index (χ0n) is 10.8. The Kier molecular flexibility index (Phi) is 6.54. The number of carbonyl (C=O) groups is 1. The van der Waals surface area contributed by atoms with Crippen LogP contribution in [-0.4, -0.2) is 26.1 Å². The number of benzene rings is 1. The summed E-state index contributed by atoms with van der Waals surface area (Å²) in [7, 11) is 1.87. The summed E-state index contributed by atoms with van der Waals surface area (Å²) in [5, 5.41) is 6.31. The van der Waals surface area contributed by atoms with Crippen LogP contribution in [-0.2, 0) is 4.79 Å². The minimum Gasteiger partial charge on any atom is -0.492 e. The fourth-order valence-electron chi connectivity index (χ4n) is 1.50. The second-order valence-corrected chi connectivity index (χ2v) is 4.24. The van der Waals surface area contributed by atoms with Gasteiger partial charge in [-0.2, -0.15) is 0 Å². The lowest BCUT2D eigenvalue weighted by atomic mass is 10.2. The van der Waals surface area contributed by atoms with Crippen molar-refractivity contribution >= 4 is 23.2 Å². The zero-order valence-corrected chi connectivity index (χ0v) is 11.5. The van der Waals surface area contributed by atoms with Gasteiger partial charge in [-0.1, -0.05) is 11.6 Å². The standard InChI is InChI=1S/C13H19ClN2O2/c1-3-18-12-7-6-10(9-11(12)14)16-13(17)5-4-8-15-2/h6-7,9,15H,3-5,8H2,1-2H3,(H,16,17). The van der Waals surface area contributed by atoms with Crippen molar-refractivity contribution in [3.8, 4) is 5.75 Å². The molecular formula is C13H19ClN2O2. The highest BCUT2D eigenvalue weighted by Crippen LogP contribution is 2.27. The van der Waals surface area contributed by atoms with E-state index in [1.54, 1.807) is 18.2 Å². The maximum Gasteiger partial charge on any atom is 0.224 e. The van der Waals surface area contributed by atoms with Crippen molar-refractivity contribution in [2.24, 2.45) is 0 Å². The molecule has 0 aromatic heterocycles. The van der Waals surface area contributed by atoms with E-state index in [9.17, 15) is 4.79 Å². The van der Waals surface area contributed by atoms with Gasteiger partial charge in [0.1, 0.15) is 5.75 Å². The molecule has 0 fully saturated rings. The Bertz CT molecular complexity index is 397. The average Bonchev–Trinajstić information content (AvgIpc) is 2.33. The molecule has 0 heterocycles. The quantitative estimate of drug-likeness (QED) is 0.749. The van der Waals surface area contributed by atoms with Gasteiger partial charge in [0, 0.05) is 12.1 Å². The molecule has 0 saturated carbocycles. The minimum atomic E-state index is -0.00882. The summed E-state index contributed by atoms with van der Waals surface area (Å²) in [5.41, 5.74) is 0.693. The van der Waals surface area contributed by atoms with Gasteiger partial charge < -0.3 is 15.4 Å². The van der Waals surface area contributed by atoms with E-state index in [-0.39, 0.29) is 5.91 Å². The van der Waals surface area contributed by atoms with Crippen LogP contribution in [0.4, 0.5) is 5.69 Å². The summed E-state index contributed by atoms with van der Waals surface area (Å²) < 4.78 is 5.32. The lowest BCUT2D eigenvalue weighted by Crippen LogP contribution is -2.15. The van der Waals surface area contributed by atoms with Crippen molar-refractivity contribution < 1.29 is 9.53 Å². The highest BCUT2D eigenvalue weighted by atomic mass is 35.5. The van der Waals surface area contributed by atoms with Gasteiger partial charge in [-0.05, 0) is 45.1 Å². The maximum absolute atomic E-state index is 11.6. The monoisotopic (exact) mass is 270 g/mol. The molecule has 1 amide bonds. The van der Waals surface area contributed by atoms with Crippen LogP contribution in [0.3, 0.4) is 0 Å². The van der Waals surface area contributed by atoms with E-state index in [1.807, 2.05) is 14.0 Å². The molecule has 0 atom stereocenters. The lowest BCUT2D eigenvalue weighted by Gasteiger charge is -2.09. The Morgan fingerprint density at radius 1 is 1.44 bits per heavy atom. The molecule has 4 nitrogen and oxygen atoms in total. The first-order valence-electron chi connectivity index (χ1n) is 6.04. The zero-order chi connectivity index (χ0) is 13.4. The number of ether oxygens (including phenoxy) is 1. The predicted molar refractivity (Wildman–Crippen MR) is 74.4 cm³/mol. The fraction of sp³-hybridized carbons (Fsp3) is 0.462. The van der Waals surface area contributed by atoms with Gasteiger partial charge in [0.05, 0.1) is 11.6 Å². The lowest BCUT2D eigenvalue weighted by molar-refractivity contribution is -0.116. The molecule has 0 spiro atoms. The Labute approximate surface area is 113 Å². The molecule has 18 heavy (non-hydrogen) atoms. The van der Waals surface area contributed by atoms with Gasteiger partial charge in [-0.3, -0.25) is 4.79 Å². The molecule has 100 valence electrons. The molecule has 1 aromatic carbocycles. The van der Waals surface area contributed by atoms with Gasteiger partial charge in [0.15, 0.2) is 0 Å². The van der Waals surface area contributed by atoms with Gasteiger partial charge in [0.25, 0.3) is 0 Å². The molecule has 0 radical (unpaired) electrons. The molecule has 2 N–H and O–H groups in total. The number of rotatable bonds is 7. The van der Waals surface area contributed by atoms with E-state index in [0.717, 1.165) is 13.0 Å². The van der Waals surface area contributed by atoms with E-state index in [0.29, 0.717) is 29.5 Å². The topological polar surface area (TPSA) is 50.4 Å². The van der Waals surface area contributed by atoms with Crippen LogP contribution in [0.15, 0.2) is 18.2 Å². The molecule has 0 aliphatic rings. The normalized spacial score (nSPS) is 10.2. The number of halogens is 1. The van der Waals surface area contributed by atoms with Crippen molar-refractivity contribution in [2.75, 3.05) is 25.5 Å². The van der Waals surface area contributed by atoms with Crippen LogP contribution in [0.5, 0.6) is 5.75 Å². The summed E-state index contributed by atoms with van der Waals surface area (Å²) in [6.07, 6.45) is 1.30. The molecule has 0 aliphatic heterocycles. The minimum absolute atomic E-state index is 0.00882. The number of hydrogen-bond acceptors (Lipinski definition) is 3. The molecule has 1 rings (SSSR count). The average molecular weight is 271 g/mol. The second-order valence-electron chi connectivity index (χ2n) is 3.83. The molecule has 0 aliphatic carbocycles. The van der Waals surface area contributed by atoms with Crippen LogP contribution < -0.4 is 15.4 Å². The number of carbonyl (C=O) groups excluding carboxylic acids is 1. The summed E-state index contributed by atoms with van der Waals surface area (Å²) in [6, 6.07) is 5.24. The van der Waals surface area contributed by atoms with Crippen molar-refractivity contribution in [1.82, 2.24) is 5.32 Å².